The number of rotatable bonds is 6. The molecule has 0 radical (unpaired) electrons. The van der Waals surface area contributed by atoms with E-state index in [0.717, 1.165) is 0 Å². The second-order valence-corrected chi connectivity index (χ2v) is 2.57. The van der Waals surface area contributed by atoms with Crippen LogP contribution in [0.5, 0.6) is 0 Å². The summed E-state index contributed by atoms with van der Waals surface area (Å²) in [5, 5.41) is 8.41. The van der Waals surface area contributed by atoms with Crippen LogP contribution in [0.4, 0.5) is 0 Å². The average molecular weight is 176 g/mol. The Morgan fingerprint density at radius 1 is 1.50 bits per heavy atom. The molecule has 0 aromatic heterocycles. The monoisotopic (exact) mass is 176 g/mol. The number of carboxylic acid groups (broad SMARTS) is 1. The lowest BCUT2D eigenvalue weighted by Gasteiger charge is -2.17. The Labute approximate surface area is 72.5 Å². The van der Waals surface area contributed by atoms with E-state index in [1.165, 1.54) is 0 Å². The van der Waals surface area contributed by atoms with Crippen LogP contribution in [0.15, 0.2) is 0 Å². The van der Waals surface area contributed by atoms with Crippen molar-refractivity contribution in [3.8, 4) is 0 Å². The van der Waals surface area contributed by atoms with Crippen LogP contribution >= 0.6 is 0 Å². The molecule has 0 saturated heterocycles. The van der Waals surface area contributed by atoms with Crippen molar-refractivity contribution in [1.82, 2.24) is 0 Å². The van der Waals surface area contributed by atoms with Crippen molar-refractivity contribution in [2.45, 2.75) is 39.6 Å². The zero-order valence-electron chi connectivity index (χ0n) is 7.74. The number of ether oxygens (including phenoxy) is 2. The van der Waals surface area contributed by atoms with Crippen LogP contribution in [0.25, 0.3) is 0 Å². The van der Waals surface area contributed by atoms with Gasteiger partial charge in [0.2, 0.25) is 0 Å². The first-order valence-electron chi connectivity index (χ1n) is 4.05. The van der Waals surface area contributed by atoms with Crippen LogP contribution in [0.2, 0.25) is 0 Å². The number of hydrogen-bond acceptors (Lipinski definition) is 3. The third kappa shape index (κ3) is 6.12. The van der Waals surface area contributed by atoms with Gasteiger partial charge in [-0.15, -0.1) is 0 Å². The molecule has 12 heavy (non-hydrogen) atoms. The minimum atomic E-state index is -0.855. The van der Waals surface area contributed by atoms with Crippen LogP contribution < -0.4 is 0 Å². The normalized spacial score (nSPS) is 15.6. The highest BCUT2D eigenvalue weighted by Crippen LogP contribution is 2.03. The number of carbonyl (C=O) groups is 1. The Morgan fingerprint density at radius 2 is 2.08 bits per heavy atom. The molecule has 0 amide bonds. The first kappa shape index (κ1) is 11.4. The van der Waals surface area contributed by atoms with Crippen molar-refractivity contribution < 1.29 is 19.4 Å². The highest BCUT2D eigenvalue weighted by Gasteiger charge is 2.11. The molecular formula is C8H16O4. The van der Waals surface area contributed by atoms with Crippen LogP contribution in [-0.4, -0.2) is 30.1 Å². The SMILES string of the molecule is CCOC(C)OC(C)CC(=O)O. The standard InChI is InChI=1S/C8H16O4/c1-4-11-7(3)12-6(2)5-8(9)10/h6-7H,4-5H2,1-3H3,(H,9,10). The van der Waals surface area contributed by atoms with E-state index in [2.05, 4.69) is 0 Å². The van der Waals surface area contributed by atoms with E-state index in [9.17, 15) is 4.79 Å². The van der Waals surface area contributed by atoms with Crippen LogP contribution in [0, 0.1) is 0 Å². The molecular weight excluding hydrogens is 160 g/mol. The van der Waals surface area contributed by atoms with Crippen molar-refractivity contribution in [1.29, 1.82) is 0 Å². The van der Waals surface area contributed by atoms with Crippen LogP contribution in [0.3, 0.4) is 0 Å². The zero-order valence-corrected chi connectivity index (χ0v) is 7.74. The fourth-order valence-electron chi connectivity index (χ4n) is 0.895. The molecule has 0 aromatic rings. The molecule has 0 spiro atoms. The lowest BCUT2D eigenvalue weighted by atomic mass is 10.3. The summed E-state index contributed by atoms with van der Waals surface area (Å²) >= 11 is 0. The minimum absolute atomic E-state index is 0.0113. The molecule has 0 bridgehead atoms. The van der Waals surface area contributed by atoms with Gasteiger partial charge in [-0.25, -0.2) is 0 Å². The van der Waals surface area contributed by atoms with Gasteiger partial charge in [-0.3, -0.25) is 4.79 Å². The molecule has 0 aliphatic heterocycles. The van der Waals surface area contributed by atoms with Crippen molar-refractivity contribution in [3.63, 3.8) is 0 Å². The number of carboxylic acids is 1. The van der Waals surface area contributed by atoms with Gasteiger partial charge in [-0.05, 0) is 20.8 Å². The predicted molar refractivity (Wildman–Crippen MR) is 43.9 cm³/mol. The summed E-state index contributed by atoms with van der Waals surface area (Å²) in [6.07, 6.45) is -0.620. The Balaban J connectivity index is 3.53. The van der Waals surface area contributed by atoms with E-state index in [-0.39, 0.29) is 18.8 Å². The Morgan fingerprint density at radius 3 is 2.50 bits per heavy atom. The highest BCUT2D eigenvalue weighted by atomic mass is 16.7. The maximum atomic E-state index is 10.2. The molecule has 0 aliphatic rings. The van der Waals surface area contributed by atoms with Crippen molar-refractivity contribution in [3.05, 3.63) is 0 Å². The van der Waals surface area contributed by atoms with Crippen molar-refractivity contribution >= 4 is 5.97 Å². The van der Waals surface area contributed by atoms with E-state index >= 15 is 0 Å². The summed E-state index contributed by atoms with van der Waals surface area (Å²) in [6, 6.07) is 0. The molecule has 1 N–H and O–H groups in total. The van der Waals surface area contributed by atoms with Gasteiger partial charge in [0.15, 0.2) is 6.29 Å². The fourth-order valence-corrected chi connectivity index (χ4v) is 0.895. The van der Waals surface area contributed by atoms with E-state index in [4.69, 9.17) is 14.6 Å². The second kappa shape index (κ2) is 5.97. The van der Waals surface area contributed by atoms with Crippen molar-refractivity contribution in [2.75, 3.05) is 6.61 Å². The molecule has 0 fully saturated rings. The van der Waals surface area contributed by atoms with Gasteiger partial charge >= 0.3 is 5.97 Å². The maximum absolute atomic E-state index is 10.2. The van der Waals surface area contributed by atoms with E-state index < -0.39 is 5.97 Å². The molecule has 2 atom stereocenters. The molecule has 4 heteroatoms. The zero-order chi connectivity index (χ0) is 9.56. The summed E-state index contributed by atoms with van der Waals surface area (Å²) < 4.78 is 10.3. The quantitative estimate of drug-likeness (QED) is 0.619. The third-order valence-electron chi connectivity index (χ3n) is 1.29. The average Bonchev–Trinajstić information content (AvgIpc) is 1.84. The number of hydrogen-bond donors (Lipinski definition) is 1. The Kier molecular flexibility index (Phi) is 5.66. The molecule has 0 aliphatic carbocycles. The Bertz CT molecular complexity index is 135. The molecule has 72 valence electrons. The summed E-state index contributed by atoms with van der Waals surface area (Å²) in [7, 11) is 0. The molecule has 0 rings (SSSR count). The van der Waals surface area contributed by atoms with Gasteiger partial charge in [-0.1, -0.05) is 0 Å². The third-order valence-corrected chi connectivity index (χ3v) is 1.29. The molecule has 0 aromatic carbocycles. The predicted octanol–water partition coefficient (Wildman–Crippen LogP) is 1.25. The number of aliphatic carboxylic acids is 1. The lowest BCUT2D eigenvalue weighted by Crippen LogP contribution is -2.22. The molecule has 0 heterocycles. The first-order chi connectivity index (χ1) is 5.56. The lowest BCUT2D eigenvalue weighted by molar-refractivity contribution is -0.163. The summed E-state index contributed by atoms with van der Waals surface area (Å²) in [5.74, 6) is -0.855. The smallest absolute Gasteiger partial charge is 0.305 e. The van der Waals surface area contributed by atoms with E-state index in [1.807, 2.05) is 6.92 Å². The van der Waals surface area contributed by atoms with Gasteiger partial charge < -0.3 is 14.6 Å². The molecule has 0 saturated carbocycles. The van der Waals surface area contributed by atoms with Gasteiger partial charge in [0.1, 0.15) is 0 Å². The maximum Gasteiger partial charge on any atom is 0.305 e. The Hall–Kier alpha value is -0.610. The van der Waals surface area contributed by atoms with Gasteiger partial charge in [-0.2, -0.15) is 0 Å². The summed E-state index contributed by atoms with van der Waals surface area (Å²) in [4.78, 5) is 10.2. The van der Waals surface area contributed by atoms with Gasteiger partial charge in [0.05, 0.1) is 12.5 Å². The second-order valence-electron chi connectivity index (χ2n) is 2.57. The van der Waals surface area contributed by atoms with Gasteiger partial charge in [0, 0.05) is 6.61 Å². The van der Waals surface area contributed by atoms with Crippen molar-refractivity contribution in [2.24, 2.45) is 0 Å². The van der Waals surface area contributed by atoms with E-state index in [0.29, 0.717) is 6.61 Å². The first-order valence-corrected chi connectivity index (χ1v) is 4.05. The minimum Gasteiger partial charge on any atom is -0.481 e. The largest absolute Gasteiger partial charge is 0.481 e. The van der Waals surface area contributed by atoms with Crippen LogP contribution in [-0.2, 0) is 14.3 Å². The topological polar surface area (TPSA) is 55.8 Å². The fraction of sp³-hybridized carbons (Fsp3) is 0.875. The summed E-state index contributed by atoms with van der Waals surface area (Å²) in [6.45, 7) is 5.90. The highest BCUT2D eigenvalue weighted by molar-refractivity contribution is 5.67. The molecule has 2 unspecified atom stereocenters. The molecule has 4 nitrogen and oxygen atoms in total. The van der Waals surface area contributed by atoms with Gasteiger partial charge in [0.25, 0.3) is 0 Å². The van der Waals surface area contributed by atoms with E-state index in [1.54, 1.807) is 13.8 Å². The van der Waals surface area contributed by atoms with Crippen LogP contribution in [0.1, 0.15) is 27.2 Å². The summed E-state index contributed by atoms with van der Waals surface area (Å²) in [5.41, 5.74) is 0.